The van der Waals surface area contributed by atoms with Crippen LogP contribution < -0.4 is 5.32 Å². The molecule has 0 radical (unpaired) electrons. The summed E-state index contributed by atoms with van der Waals surface area (Å²) in [4.78, 5) is 0. The van der Waals surface area contributed by atoms with Gasteiger partial charge in [0.25, 0.3) is 0 Å². The van der Waals surface area contributed by atoms with Crippen molar-refractivity contribution in [2.45, 2.75) is 13.0 Å². The highest BCUT2D eigenvalue weighted by Gasteiger charge is 2.21. The largest absolute Gasteiger partial charge is 0.418 e. The first-order valence-electron chi connectivity index (χ1n) is 8.67. The van der Waals surface area contributed by atoms with Crippen molar-refractivity contribution in [1.82, 2.24) is 10.2 Å². The SMILES string of the molecule is Cc1ccc(N[C@H](c2ccccc2)c2nnc(-c3ccccc3)o2)cc1F. The van der Waals surface area contributed by atoms with Gasteiger partial charge in [-0.1, -0.05) is 54.6 Å². The number of aryl methyl sites for hydroxylation is 1. The summed E-state index contributed by atoms with van der Waals surface area (Å²) in [6.45, 7) is 1.73. The summed E-state index contributed by atoms with van der Waals surface area (Å²) < 4.78 is 19.9. The van der Waals surface area contributed by atoms with Gasteiger partial charge < -0.3 is 9.73 Å². The Hall–Kier alpha value is -3.47. The first-order chi connectivity index (χ1) is 13.2. The third-order valence-electron chi connectivity index (χ3n) is 4.32. The summed E-state index contributed by atoms with van der Waals surface area (Å²) >= 11 is 0. The predicted molar refractivity (Wildman–Crippen MR) is 103 cm³/mol. The number of hydrogen-bond donors (Lipinski definition) is 1. The molecule has 5 heteroatoms. The zero-order valence-corrected chi connectivity index (χ0v) is 14.8. The van der Waals surface area contributed by atoms with Crippen LogP contribution in [0.15, 0.2) is 83.3 Å². The molecule has 0 aliphatic heterocycles. The van der Waals surface area contributed by atoms with Gasteiger partial charge in [-0.2, -0.15) is 0 Å². The molecular weight excluding hydrogens is 341 g/mol. The number of hydrogen-bond acceptors (Lipinski definition) is 4. The minimum Gasteiger partial charge on any atom is -0.418 e. The molecule has 0 bridgehead atoms. The second-order valence-electron chi connectivity index (χ2n) is 6.26. The highest BCUT2D eigenvalue weighted by molar-refractivity contribution is 5.53. The fraction of sp³-hybridized carbons (Fsp3) is 0.0909. The average Bonchev–Trinajstić information content (AvgIpc) is 3.20. The Kier molecular flexibility index (Phi) is 4.66. The van der Waals surface area contributed by atoms with Gasteiger partial charge in [-0.05, 0) is 42.3 Å². The first kappa shape index (κ1) is 17.0. The average molecular weight is 359 g/mol. The smallest absolute Gasteiger partial charge is 0.247 e. The second-order valence-corrected chi connectivity index (χ2v) is 6.26. The number of aromatic nitrogens is 2. The molecule has 3 aromatic carbocycles. The lowest BCUT2D eigenvalue weighted by Crippen LogP contribution is -2.13. The van der Waals surface area contributed by atoms with Crippen LogP contribution in [0.5, 0.6) is 0 Å². The summed E-state index contributed by atoms with van der Waals surface area (Å²) in [5.74, 6) is 0.603. The van der Waals surface area contributed by atoms with Gasteiger partial charge >= 0.3 is 0 Å². The maximum Gasteiger partial charge on any atom is 0.247 e. The van der Waals surface area contributed by atoms with Crippen molar-refractivity contribution in [2.24, 2.45) is 0 Å². The minimum absolute atomic E-state index is 0.262. The monoisotopic (exact) mass is 359 g/mol. The van der Waals surface area contributed by atoms with Crippen molar-refractivity contribution in [3.63, 3.8) is 0 Å². The number of rotatable bonds is 5. The lowest BCUT2D eigenvalue weighted by Gasteiger charge is -2.17. The van der Waals surface area contributed by atoms with E-state index in [0.29, 0.717) is 23.0 Å². The van der Waals surface area contributed by atoms with Crippen molar-refractivity contribution in [3.05, 3.63) is 102 Å². The molecule has 0 unspecified atom stereocenters. The summed E-state index contributed by atoms with van der Waals surface area (Å²) in [5.41, 5.74) is 3.04. The lowest BCUT2D eigenvalue weighted by molar-refractivity contribution is 0.494. The van der Waals surface area contributed by atoms with Crippen molar-refractivity contribution in [3.8, 4) is 11.5 Å². The molecular formula is C22H18FN3O. The van der Waals surface area contributed by atoms with E-state index in [0.717, 1.165) is 11.1 Å². The summed E-state index contributed by atoms with van der Waals surface area (Å²) in [7, 11) is 0. The lowest BCUT2D eigenvalue weighted by atomic mass is 10.1. The molecule has 134 valence electrons. The Morgan fingerprint density at radius 2 is 1.59 bits per heavy atom. The van der Waals surface area contributed by atoms with E-state index in [2.05, 4.69) is 15.5 Å². The molecule has 4 aromatic rings. The molecule has 1 heterocycles. The number of nitrogens with one attached hydrogen (secondary N) is 1. The molecule has 27 heavy (non-hydrogen) atoms. The Morgan fingerprint density at radius 3 is 2.30 bits per heavy atom. The second kappa shape index (κ2) is 7.41. The molecule has 4 nitrogen and oxygen atoms in total. The van der Waals surface area contributed by atoms with Crippen LogP contribution in [0, 0.1) is 12.7 Å². The van der Waals surface area contributed by atoms with Crippen LogP contribution in [-0.4, -0.2) is 10.2 Å². The normalized spacial score (nSPS) is 11.9. The van der Waals surface area contributed by atoms with Crippen LogP contribution in [0.1, 0.15) is 23.1 Å². The van der Waals surface area contributed by atoms with E-state index in [1.807, 2.05) is 66.7 Å². The van der Waals surface area contributed by atoms with E-state index >= 15 is 0 Å². The van der Waals surface area contributed by atoms with Gasteiger partial charge in [0.2, 0.25) is 11.8 Å². The van der Waals surface area contributed by atoms with Crippen LogP contribution in [0.2, 0.25) is 0 Å². The summed E-state index contributed by atoms with van der Waals surface area (Å²) in [5, 5.41) is 11.7. The number of nitrogens with zero attached hydrogens (tertiary/aromatic N) is 2. The zero-order valence-electron chi connectivity index (χ0n) is 14.8. The van der Waals surface area contributed by atoms with Crippen LogP contribution in [-0.2, 0) is 0 Å². The van der Waals surface area contributed by atoms with E-state index in [4.69, 9.17) is 4.42 Å². The number of halogens is 1. The Morgan fingerprint density at radius 1 is 0.889 bits per heavy atom. The van der Waals surface area contributed by atoms with Crippen molar-refractivity contribution in [2.75, 3.05) is 5.32 Å². The van der Waals surface area contributed by atoms with Gasteiger partial charge in [-0.3, -0.25) is 0 Å². The van der Waals surface area contributed by atoms with Crippen LogP contribution in [0.3, 0.4) is 0 Å². The van der Waals surface area contributed by atoms with E-state index in [1.54, 1.807) is 13.0 Å². The van der Waals surface area contributed by atoms with Gasteiger partial charge in [-0.25, -0.2) is 4.39 Å². The fourth-order valence-electron chi connectivity index (χ4n) is 2.83. The molecule has 0 amide bonds. The number of anilines is 1. The first-order valence-corrected chi connectivity index (χ1v) is 8.67. The minimum atomic E-state index is -0.390. The van der Waals surface area contributed by atoms with E-state index in [1.165, 1.54) is 6.07 Å². The van der Waals surface area contributed by atoms with Gasteiger partial charge in [0.05, 0.1) is 0 Å². The molecule has 0 aliphatic carbocycles. The third kappa shape index (κ3) is 3.72. The van der Waals surface area contributed by atoms with Gasteiger partial charge in [0.1, 0.15) is 11.9 Å². The molecule has 0 spiro atoms. The topological polar surface area (TPSA) is 51.0 Å². The maximum atomic E-state index is 14.0. The van der Waals surface area contributed by atoms with Crippen molar-refractivity contribution < 1.29 is 8.81 Å². The number of benzene rings is 3. The summed E-state index contributed by atoms with van der Waals surface area (Å²) in [6, 6.07) is 24.0. The van der Waals surface area contributed by atoms with Crippen LogP contribution in [0.25, 0.3) is 11.5 Å². The molecule has 1 aromatic heterocycles. The Balaban J connectivity index is 1.70. The van der Waals surface area contributed by atoms with Crippen LogP contribution in [0.4, 0.5) is 10.1 Å². The van der Waals surface area contributed by atoms with Crippen molar-refractivity contribution in [1.29, 1.82) is 0 Å². The van der Waals surface area contributed by atoms with Gasteiger partial charge in [-0.15, -0.1) is 10.2 Å². The Labute approximate surface area is 156 Å². The molecule has 0 fully saturated rings. The van der Waals surface area contributed by atoms with Crippen LogP contribution >= 0.6 is 0 Å². The quantitative estimate of drug-likeness (QED) is 0.519. The highest BCUT2D eigenvalue weighted by atomic mass is 19.1. The van der Waals surface area contributed by atoms with Crippen molar-refractivity contribution >= 4 is 5.69 Å². The summed E-state index contributed by atoms with van der Waals surface area (Å²) in [6.07, 6.45) is 0. The van der Waals surface area contributed by atoms with E-state index < -0.39 is 6.04 Å². The predicted octanol–water partition coefficient (Wildman–Crippen LogP) is 5.39. The van der Waals surface area contributed by atoms with Gasteiger partial charge in [0.15, 0.2) is 0 Å². The fourth-order valence-corrected chi connectivity index (χ4v) is 2.83. The molecule has 1 atom stereocenters. The molecule has 4 rings (SSSR count). The Bertz CT molecular complexity index is 1030. The third-order valence-corrected chi connectivity index (χ3v) is 4.32. The molecule has 1 N–H and O–H groups in total. The van der Waals surface area contributed by atoms with E-state index in [-0.39, 0.29) is 5.82 Å². The molecule has 0 saturated heterocycles. The molecule has 0 saturated carbocycles. The standard InChI is InChI=1S/C22H18FN3O/c1-15-12-13-18(14-19(15)23)24-20(16-8-4-2-5-9-16)22-26-25-21(27-22)17-10-6-3-7-11-17/h2-14,20,24H,1H3/t20-/m1/s1. The molecule has 0 aliphatic rings. The van der Waals surface area contributed by atoms with E-state index in [9.17, 15) is 4.39 Å². The highest BCUT2D eigenvalue weighted by Crippen LogP contribution is 2.28. The maximum absolute atomic E-state index is 14.0. The van der Waals surface area contributed by atoms with Gasteiger partial charge in [0, 0.05) is 11.3 Å². The zero-order chi connectivity index (χ0) is 18.6.